The van der Waals surface area contributed by atoms with Crippen molar-refractivity contribution in [3.8, 4) is 11.5 Å². The molecule has 3 rings (SSSR count). The SMILES string of the molecule is O=C(C1=CCCC=N1)C(F)(F)CCCCOc1cccc(OCc2ccccc2)c1. The molecule has 0 atom stereocenters. The van der Waals surface area contributed by atoms with Gasteiger partial charge in [-0.25, -0.2) is 0 Å². The number of ether oxygens (including phenoxy) is 2. The fourth-order valence-corrected chi connectivity index (χ4v) is 3.00. The second-order valence-electron chi connectivity index (χ2n) is 7.07. The Kier molecular flexibility index (Phi) is 7.71. The maximum atomic E-state index is 14.1. The van der Waals surface area contributed by atoms with Gasteiger partial charge in [-0.3, -0.25) is 9.79 Å². The lowest BCUT2D eigenvalue weighted by atomic mass is 10.0. The summed E-state index contributed by atoms with van der Waals surface area (Å²) < 4.78 is 39.6. The number of benzene rings is 2. The van der Waals surface area contributed by atoms with Gasteiger partial charge in [0.1, 0.15) is 23.8 Å². The van der Waals surface area contributed by atoms with Crippen molar-refractivity contribution in [2.24, 2.45) is 4.99 Å². The first-order valence-electron chi connectivity index (χ1n) is 10.1. The molecule has 0 saturated carbocycles. The zero-order chi connectivity index (χ0) is 21.2. The highest BCUT2D eigenvalue weighted by atomic mass is 19.3. The number of hydrogen-bond acceptors (Lipinski definition) is 4. The number of carbonyl (C=O) groups excluding carboxylic acids is 1. The molecule has 30 heavy (non-hydrogen) atoms. The van der Waals surface area contributed by atoms with Crippen LogP contribution >= 0.6 is 0 Å². The first kappa shape index (κ1) is 21.7. The van der Waals surface area contributed by atoms with Crippen LogP contribution in [0, 0.1) is 0 Å². The predicted octanol–water partition coefficient (Wildman–Crippen LogP) is 5.77. The molecule has 0 aromatic heterocycles. The van der Waals surface area contributed by atoms with Gasteiger partial charge in [0, 0.05) is 18.7 Å². The summed E-state index contributed by atoms with van der Waals surface area (Å²) in [7, 11) is 0. The van der Waals surface area contributed by atoms with Crippen LogP contribution in [0.25, 0.3) is 0 Å². The van der Waals surface area contributed by atoms with Crippen LogP contribution in [0.1, 0.15) is 37.7 Å². The molecule has 0 bridgehead atoms. The Bertz CT molecular complexity index is 894. The van der Waals surface area contributed by atoms with E-state index in [1.165, 1.54) is 12.3 Å². The van der Waals surface area contributed by atoms with Gasteiger partial charge in [-0.1, -0.05) is 42.5 Å². The number of allylic oxidation sites excluding steroid dienone is 2. The van der Waals surface area contributed by atoms with Crippen molar-refractivity contribution in [1.29, 1.82) is 0 Å². The number of carbonyl (C=O) groups is 1. The minimum atomic E-state index is -3.40. The number of alkyl halides is 2. The van der Waals surface area contributed by atoms with Crippen LogP contribution in [0.3, 0.4) is 0 Å². The summed E-state index contributed by atoms with van der Waals surface area (Å²) in [6, 6.07) is 17.0. The normalized spacial score (nSPS) is 13.6. The molecule has 1 aliphatic rings. The largest absolute Gasteiger partial charge is 0.493 e. The van der Waals surface area contributed by atoms with Crippen LogP contribution in [0.2, 0.25) is 0 Å². The van der Waals surface area contributed by atoms with Crippen molar-refractivity contribution in [1.82, 2.24) is 0 Å². The topological polar surface area (TPSA) is 47.9 Å². The van der Waals surface area contributed by atoms with E-state index in [4.69, 9.17) is 9.47 Å². The summed E-state index contributed by atoms with van der Waals surface area (Å²) in [5.41, 5.74) is 0.934. The molecule has 0 radical (unpaired) electrons. The highest BCUT2D eigenvalue weighted by Crippen LogP contribution is 2.27. The van der Waals surface area contributed by atoms with Crippen LogP contribution in [0.15, 0.2) is 71.4 Å². The zero-order valence-corrected chi connectivity index (χ0v) is 16.7. The fraction of sp³-hybridized carbons (Fsp3) is 0.333. The number of rotatable bonds is 11. The maximum absolute atomic E-state index is 14.1. The summed E-state index contributed by atoms with van der Waals surface area (Å²) in [6.45, 7) is 0.737. The zero-order valence-electron chi connectivity index (χ0n) is 16.7. The molecule has 0 N–H and O–H groups in total. The summed E-state index contributed by atoms with van der Waals surface area (Å²) in [6.07, 6.45) is 4.32. The van der Waals surface area contributed by atoms with Crippen LogP contribution in [-0.4, -0.2) is 24.5 Å². The molecule has 0 amide bonds. The molecule has 1 heterocycles. The van der Waals surface area contributed by atoms with Crippen molar-refractivity contribution in [3.63, 3.8) is 0 Å². The predicted molar refractivity (Wildman–Crippen MR) is 112 cm³/mol. The van der Waals surface area contributed by atoms with Gasteiger partial charge < -0.3 is 9.47 Å². The number of hydrogen-bond donors (Lipinski definition) is 0. The number of nitrogens with zero attached hydrogens (tertiary/aromatic N) is 1. The van der Waals surface area contributed by atoms with Crippen molar-refractivity contribution in [2.45, 2.75) is 44.6 Å². The first-order chi connectivity index (χ1) is 14.5. The second kappa shape index (κ2) is 10.7. The minimum Gasteiger partial charge on any atom is -0.493 e. The molecule has 1 aliphatic heterocycles. The Morgan fingerprint density at radius 2 is 1.73 bits per heavy atom. The van der Waals surface area contributed by atoms with E-state index in [2.05, 4.69) is 4.99 Å². The summed E-state index contributed by atoms with van der Waals surface area (Å²) in [5.74, 6) is -3.30. The molecule has 6 heteroatoms. The lowest BCUT2D eigenvalue weighted by molar-refractivity contribution is -0.139. The van der Waals surface area contributed by atoms with E-state index in [0.717, 1.165) is 5.56 Å². The van der Waals surface area contributed by atoms with Gasteiger partial charge in [-0.05, 0) is 43.4 Å². The van der Waals surface area contributed by atoms with Gasteiger partial charge in [-0.15, -0.1) is 0 Å². The Labute approximate surface area is 175 Å². The van der Waals surface area contributed by atoms with Gasteiger partial charge in [0.2, 0.25) is 5.78 Å². The third-order valence-electron chi connectivity index (χ3n) is 4.64. The molecule has 158 valence electrons. The van der Waals surface area contributed by atoms with Gasteiger partial charge in [0.05, 0.1) is 6.61 Å². The van der Waals surface area contributed by atoms with E-state index < -0.39 is 18.1 Å². The standard InChI is InChI=1S/C24H25F2NO3/c25-24(26,23(28)22-13-4-6-15-27-22)14-5-7-16-29-20-11-8-12-21(17-20)30-18-19-9-2-1-3-10-19/h1-3,8-13,15,17H,4-7,14,16,18H2. The summed E-state index contributed by atoms with van der Waals surface area (Å²) >= 11 is 0. The fourth-order valence-electron chi connectivity index (χ4n) is 3.00. The Balaban J connectivity index is 1.39. The summed E-state index contributed by atoms with van der Waals surface area (Å²) in [5, 5.41) is 0. The number of unbranched alkanes of at least 4 members (excludes halogenated alkanes) is 1. The maximum Gasteiger partial charge on any atom is 0.311 e. The third-order valence-corrected chi connectivity index (χ3v) is 4.64. The number of Topliss-reactive ketones (excluding diaryl/α,β-unsaturated/α-hetero) is 1. The molecule has 0 fully saturated rings. The van der Waals surface area contributed by atoms with Crippen molar-refractivity contribution in [3.05, 3.63) is 71.9 Å². The number of ketones is 1. The van der Waals surface area contributed by atoms with Crippen LogP contribution < -0.4 is 9.47 Å². The van der Waals surface area contributed by atoms with Crippen LogP contribution in [0.4, 0.5) is 8.78 Å². The number of halogens is 2. The molecule has 0 aliphatic carbocycles. The van der Waals surface area contributed by atoms with E-state index in [9.17, 15) is 13.6 Å². The van der Waals surface area contributed by atoms with E-state index in [1.54, 1.807) is 12.1 Å². The minimum absolute atomic E-state index is 0.130. The van der Waals surface area contributed by atoms with Crippen LogP contribution in [-0.2, 0) is 11.4 Å². The monoisotopic (exact) mass is 413 g/mol. The van der Waals surface area contributed by atoms with Crippen LogP contribution in [0.5, 0.6) is 11.5 Å². The molecule has 4 nitrogen and oxygen atoms in total. The van der Waals surface area contributed by atoms with Gasteiger partial charge in [0.25, 0.3) is 0 Å². The average Bonchev–Trinajstić information content (AvgIpc) is 2.78. The Hall–Kier alpha value is -3.02. The third kappa shape index (κ3) is 6.51. The molecular formula is C24H25F2NO3. The van der Waals surface area contributed by atoms with E-state index >= 15 is 0 Å². The van der Waals surface area contributed by atoms with Gasteiger partial charge >= 0.3 is 5.92 Å². The van der Waals surface area contributed by atoms with Crippen molar-refractivity contribution in [2.75, 3.05) is 6.61 Å². The Morgan fingerprint density at radius 3 is 2.47 bits per heavy atom. The van der Waals surface area contributed by atoms with Crippen molar-refractivity contribution < 1.29 is 23.0 Å². The highest BCUT2D eigenvalue weighted by Gasteiger charge is 2.39. The van der Waals surface area contributed by atoms with E-state index in [-0.39, 0.29) is 18.7 Å². The molecule has 0 spiro atoms. The van der Waals surface area contributed by atoms with Gasteiger partial charge in [-0.2, -0.15) is 8.78 Å². The second-order valence-corrected chi connectivity index (χ2v) is 7.07. The molecule has 2 aromatic rings. The lowest BCUT2D eigenvalue weighted by Gasteiger charge is -2.16. The highest BCUT2D eigenvalue weighted by molar-refractivity contribution is 6.01. The molecule has 2 aromatic carbocycles. The van der Waals surface area contributed by atoms with E-state index in [0.29, 0.717) is 37.4 Å². The summed E-state index contributed by atoms with van der Waals surface area (Å²) in [4.78, 5) is 15.7. The van der Waals surface area contributed by atoms with Gasteiger partial charge in [0.15, 0.2) is 0 Å². The molecule has 0 unspecified atom stereocenters. The average molecular weight is 413 g/mol. The Morgan fingerprint density at radius 1 is 0.967 bits per heavy atom. The number of aliphatic imine (C=N–C) groups is 1. The first-order valence-corrected chi connectivity index (χ1v) is 10.1. The van der Waals surface area contributed by atoms with E-state index in [1.807, 2.05) is 42.5 Å². The smallest absolute Gasteiger partial charge is 0.311 e. The molecular weight excluding hydrogens is 388 g/mol. The lowest BCUT2D eigenvalue weighted by Crippen LogP contribution is -2.30. The quantitative estimate of drug-likeness (QED) is 0.440. The molecule has 0 saturated heterocycles. The van der Waals surface area contributed by atoms with Crippen molar-refractivity contribution >= 4 is 12.0 Å².